The third kappa shape index (κ3) is 21.1. The molecule has 0 aromatic carbocycles. The van der Waals surface area contributed by atoms with E-state index in [1.807, 2.05) is 0 Å². The maximum absolute atomic E-state index is 14.6. The minimum Gasteiger partial charge on any atom is -0.394 e. The summed E-state index contributed by atoms with van der Waals surface area (Å²) in [6, 6.07) is -0.683. The van der Waals surface area contributed by atoms with Crippen molar-refractivity contribution in [3.05, 3.63) is 0 Å². The highest BCUT2D eigenvalue weighted by Crippen LogP contribution is 2.64. The molecule has 0 spiro atoms. The SMILES string of the molecule is CCCCCCCCCCCCC(=O)C(CCCCN)NC(=O)CCCCCCCCCCC(F)(F)C(F)(F)C(F)(F)C(F)(F)C(F)(F)C(F)(F)C(F)(F)C(F)(F)CCCNC(=O)[C@@H](O)[C@@H](O)[C@H](O[C@@H]1O[C@H](CO)[C@H](O)[C@H](O)[C@H]1O)[C@H](O)CO. The van der Waals surface area contributed by atoms with Gasteiger partial charge in [0.25, 0.3) is 5.91 Å². The predicted octanol–water partition coefficient (Wildman–Crippen LogP) is 7.62. The summed E-state index contributed by atoms with van der Waals surface area (Å²) in [6.45, 7) is -1.43. The lowest BCUT2D eigenvalue weighted by atomic mass is 9.86. The molecule has 32 heteroatoms. The Morgan fingerprint density at radius 1 is 0.548 bits per heavy atom. The van der Waals surface area contributed by atoms with Gasteiger partial charge in [-0.1, -0.05) is 103 Å². The molecule has 1 aliphatic heterocycles. The van der Waals surface area contributed by atoms with Crippen LogP contribution in [0.4, 0.5) is 70.2 Å². The summed E-state index contributed by atoms with van der Waals surface area (Å²) in [7, 11) is 0. The van der Waals surface area contributed by atoms with Crippen LogP contribution < -0.4 is 16.4 Å². The fourth-order valence-corrected chi connectivity index (χ4v) is 9.09. The molecule has 2 amide bonds. The van der Waals surface area contributed by atoms with Crippen LogP contribution in [0.1, 0.15) is 174 Å². The number of amides is 2. The molecule has 1 aliphatic rings. The summed E-state index contributed by atoms with van der Waals surface area (Å²) < 4.78 is 244. The molecule has 1 saturated heterocycles. The first-order chi connectivity index (χ1) is 38.9. The number of halogens is 16. The molecular weight excluding hydrogens is 1180 g/mol. The number of alkyl halides is 16. The average molecular weight is 1260 g/mol. The Balaban J connectivity index is 2.79. The maximum atomic E-state index is 14.6. The van der Waals surface area contributed by atoms with Gasteiger partial charge in [-0.15, -0.1) is 0 Å². The number of hydrogen-bond acceptors (Lipinski definition) is 14. The Morgan fingerprint density at radius 2 is 0.976 bits per heavy atom. The van der Waals surface area contributed by atoms with Gasteiger partial charge in [0.15, 0.2) is 18.2 Å². The highest BCUT2D eigenvalue weighted by Gasteiger charge is 2.94. The van der Waals surface area contributed by atoms with Crippen molar-refractivity contribution in [1.82, 2.24) is 10.6 Å². The van der Waals surface area contributed by atoms with Gasteiger partial charge in [-0.05, 0) is 51.5 Å². The van der Waals surface area contributed by atoms with Gasteiger partial charge in [0, 0.05) is 32.2 Å². The van der Waals surface area contributed by atoms with E-state index in [0.29, 0.717) is 64.3 Å². The third-order valence-electron chi connectivity index (χ3n) is 14.6. The van der Waals surface area contributed by atoms with E-state index in [-0.39, 0.29) is 31.0 Å². The van der Waals surface area contributed by atoms with E-state index >= 15 is 0 Å². The maximum Gasteiger partial charge on any atom is 0.384 e. The van der Waals surface area contributed by atoms with E-state index in [2.05, 4.69) is 12.2 Å². The van der Waals surface area contributed by atoms with Gasteiger partial charge in [0.05, 0.1) is 19.3 Å². The number of ketones is 1. The van der Waals surface area contributed by atoms with Gasteiger partial charge in [-0.25, -0.2) is 0 Å². The van der Waals surface area contributed by atoms with Crippen LogP contribution >= 0.6 is 0 Å². The van der Waals surface area contributed by atoms with Crippen molar-refractivity contribution >= 4 is 17.6 Å². The van der Waals surface area contributed by atoms with Gasteiger partial charge >= 0.3 is 47.4 Å². The number of hydrogen-bond donors (Lipinski definition) is 11. The van der Waals surface area contributed by atoms with E-state index in [1.165, 1.54) is 37.4 Å². The first kappa shape index (κ1) is 79.1. The molecule has 498 valence electrons. The first-order valence-corrected chi connectivity index (χ1v) is 28.3. The van der Waals surface area contributed by atoms with Crippen LogP contribution in [0, 0.1) is 0 Å². The quantitative estimate of drug-likeness (QED) is 0.0207. The van der Waals surface area contributed by atoms with Crippen molar-refractivity contribution in [2.75, 3.05) is 26.3 Å². The fraction of sp³-hybridized carbons (Fsp3) is 0.942. The number of carbonyl (C=O) groups excluding carboxylic acids is 3. The summed E-state index contributed by atoms with van der Waals surface area (Å²) >= 11 is 0. The number of nitrogens with one attached hydrogen (secondary N) is 2. The van der Waals surface area contributed by atoms with Crippen LogP contribution in [0.3, 0.4) is 0 Å². The number of rotatable bonds is 47. The van der Waals surface area contributed by atoms with Crippen molar-refractivity contribution in [2.24, 2.45) is 5.73 Å². The molecule has 16 nitrogen and oxygen atoms in total. The smallest absolute Gasteiger partial charge is 0.384 e. The molecule has 0 aromatic rings. The van der Waals surface area contributed by atoms with Gasteiger partial charge in [-0.2, -0.15) is 70.2 Å². The molecule has 0 aromatic heterocycles. The zero-order valence-electron chi connectivity index (χ0n) is 46.7. The molecule has 84 heavy (non-hydrogen) atoms. The van der Waals surface area contributed by atoms with E-state index in [9.17, 15) is 125 Å². The van der Waals surface area contributed by atoms with Crippen LogP contribution in [0.25, 0.3) is 0 Å². The third-order valence-corrected chi connectivity index (χ3v) is 14.6. The highest BCUT2D eigenvalue weighted by molar-refractivity contribution is 5.89. The van der Waals surface area contributed by atoms with Crippen molar-refractivity contribution in [2.45, 2.75) is 282 Å². The molecule has 1 fully saturated rings. The molecule has 10 atom stereocenters. The summed E-state index contributed by atoms with van der Waals surface area (Å²) in [5, 5.41) is 83.6. The van der Waals surface area contributed by atoms with Gasteiger partial charge in [0.1, 0.15) is 42.7 Å². The lowest BCUT2D eigenvalue weighted by Gasteiger charge is -2.43. The summed E-state index contributed by atoms with van der Waals surface area (Å²) in [6.07, 6.45) is -15.3. The standard InChI is InChI=1S/C52H85F16N3O13/c1-2-3-4-5-6-7-8-11-14-17-24-33(74)32(23-19-21-28-69)71-36(76)25-18-15-12-9-10-13-16-20-26-45(53,54)47(57,58)49(61,62)51(65,66)52(67,68)50(63,64)48(59,60)46(55,56)27-22-29-70-43(82)40(80)39(79)42(34(75)30-72)84-44-41(81)38(78)37(77)35(31-73)83-44/h32,34-35,37-42,44,72-73,75,77-81H,2-31,69H2,1H3,(H,70,82)(H,71,76)/t32?,34-,35-,37+,38+,39-,40+,41-,42-,44+/m1/s1. The molecule has 0 radical (unpaired) electrons. The number of nitrogens with two attached hydrogens (primary N) is 1. The van der Waals surface area contributed by atoms with Crippen LogP contribution in [0.15, 0.2) is 0 Å². The first-order valence-electron chi connectivity index (χ1n) is 28.3. The molecular formula is C52H85F16N3O13. The zero-order chi connectivity index (χ0) is 64.5. The molecule has 1 heterocycles. The zero-order valence-corrected chi connectivity index (χ0v) is 46.7. The summed E-state index contributed by atoms with van der Waals surface area (Å²) in [5.74, 6) is -65.3. The van der Waals surface area contributed by atoms with E-state index in [0.717, 1.165) is 25.7 Å². The van der Waals surface area contributed by atoms with Crippen molar-refractivity contribution < 1.29 is 135 Å². The fourth-order valence-electron chi connectivity index (χ4n) is 9.09. The van der Waals surface area contributed by atoms with E-state index in [1.54, 1.807) is 0 Å². The van der Waals surface area contributed by atoms with Crippen molar-refractivity contribution in [3.8, 4) is 0 Å². The molecule has 12 N–H and O–H groups in total. The molecule has 1 unspecified atom stereocenters. The Hall–Kier alpha value is -2.95. The topological polar surface area (TPSA) is 282 Å². The molecule has 0 bridgehead atoms. The second-order valence-electron chi connectivity index (χ2n) is 21.4. The normalized spacial score (nSPS) is 20.8. The second-order valence-corrected chi connectivity index (χ2v) is 21.4. The van der Waals surface area contributed by atoms with Gasteiger partial charge in [-0.3, -0.25) is 14.4 Å². The van der Waals surface area contributed by atoms with Crippen molar-refractivity contribution in [1.29, 1.82) is 0 Å². The average Bonchev–Trinajstić information content (AvgIpc) is 0.739. The Labute approximate surface area is 476 Å². The minimum atomic E-state index is -8.67. The van der Waals surface area contributed by atoms with Crippen LogP contribution in [0.2, 0.25) is 0 Å². The number of ether oxygens (including phenoxy) is 2. The number of aliphatic hydroxyl groups excluding tert-OH is 8. The molecule has 0 aliphatic carbocycles. The second kappa shape index (κ2) is 35.9. The monoisotopic (exact) mass is 1260 g/mol. The van der Waals surface area contributed by atoms with Crippen LogP contribution in [-0.2, 0) is 23.9 Å². The van der Waals surface area contributed by atoms with Gasteiger partial charge in [0.2, 0.25) is 5.91 Å². The van der Waals surface area contributed by atoms with E-state index < -0.39 is 166 Å². The van der Waals surface area contributed by atoms with Crippen LogP contribution in [0.5, 0.6) is 0 Å². The Kier molecular flexibility index (Phi) is 33.8. The minimum absolute atomic E-state index is 0.0431. The Morgan fingerprint density at radius 3 is 1.43 bits per heavy atom. The number of unbranched alkanes of at least 4 members (excludes halogenated alkanes) is 17. The van der Waals surface area contributed by atoms with Crippen LogP contribution in [-0.4, -0.2) is 193 Å². The van der Waals surface area contributed by atoms with Crippen molar-refractivity contribution in [3.63, 3.8) is 0 Å². The highest BCUT2D eigenvalue weighted by atomic mass is 19.4. The number of aliphatic hydroxyl groups is 8. The Bertz CT molecular complexity index is 1900. The molecule has 0 saturated carbocycles. The lowest BCUT2D eigenvalue weighted by molar-refractivity contribution is -0.453. The number of Topliss-reactive ketones (excluding diaryl/α,β-unsaturated/α-hetero) is 1. The lowest BCUT2D eigenvalue weighted by Crippen LogP contribution is -2.74. The largest absolute Gasteiger partial charge is 0.394 e. The van der Waals surface area contributed by atoms with Gasteiger partial charge < -0.3 is 66.7 Å². The van der Waals surface area contributed by atoms with E-state index in [4.69, 9.17) is 15.2 Å². The number of carbonyl (C=O) groups is 3. The summed E-state index contributed by atoms with van der Waals surface area (Å²) in [4.78, 5) is 38.1. The summed E-state index contributed by atoms with van der Waals surface area (Å²) in [5.41, 5.74) is 5.57. The molecule has 1 rings (SSSR count). The predicted molar refractivity (Wildman–Crippen MR) is 268 cm³/mol.